The molecule has 0 saturated heterocycles. The molecular formula is C16H22ClNO. The third-order valence-electron chi connectivity index (χ3n) is 4.90. The van der Waals surface area contributed by atoms with E-state index in [4.69, 9.17) is 11.6 Å². The van der Waals surface area contributed by atoms with Gasteiger partial charge in [-0.25, -0.2) is 0 Å². The molecule has 2 nitrogen and oxygen atoms in total. The van der Waals surface area contributed by atoms with Gasteiger partial charge in [0.1, 0.15) is 0 Å². The molecule has 1 aromatic rings. The second-order valence-electron chi connectivity index (χ2n) is 6.07. The van der Waals surface area contributed by atoms with Gasteiger partial charge in [-0.2, -0.15) is 0 Å². The summed E-state index contributed by atoms with van der Waals surface area (Å²) in [6, 6.07) is 7.98. The van der Waals surface area contributed by atoms with Crippen molar-refractivity contribution in [2.45, 2.75) is 56.6 Å². The fraction of sp³-hybridized carbons (Fsp3) is 0.625. The molecule has 1 aromatic carbocycles. The number of fused-ring (bicyclic) bond motifs is 1. The minimum atomic E-state index is -0.515. The molecule has 0 bridgehead atoms. The zero-order chi connectivity index (χ0) is 13.3. The molecule has 2 fully saturated rings. The lowest BCUT2D eigenvalue weighted by atomic mass is 9.65. The van der Waals surface area contributed by atoms with Crippen molar-refractivity contribution in [2.24, 2.45) is 5.92 Å². The molecule has 3 heteroatoms. The Hall–Kier alpha value is -0.730. The molecular weight excluding hydrogens is 258 g/mol. The second kappa shape index (κ2) is 5.34. The number of rotatable bonds is 2. The Kier molecular flexibility index (Phi) is 3.72. The number of hydrogen-bond donors (Lipinski definition) is 2. The first kappa shape index (κ1) is 13.3. The van der Waals surface area contributed by atoms with E-state index in [0.29, 0.717) is 5.92 Å². The third kappa shape index (κ3) is 2.61. The number of benzene rings is 1. The first-order valence-corrected chi connectivity index (χ1v) is 7.81. The van der Waals surface area contributed by atoms with Crippen LogP contribution in [0.4, 0.5) is 5.69 Å². The summed E-state index contributed by atoms with van der Waals surface area (Å²) in [6.45, 7) is 0. The Bertz CT molecular complexity index is 448. The molecule has 0 spiro atoms. The minimum absolute atomic E-state index is 0.171. The molecule has 19 heavy (non-hydrogen) atoms. The molecule has 2 aliphatic carbocycles. The van der Waals surface area contributed by atoms with Crippen molar-refractivity contribution in [2.75, 3.05) is 5.32 Å². The topological polar surface area (TPSA) is 32.3 Å². The molecule has 0 aromatic heterocycles. The van der Waals surface area contributed by atoms with Crippen molar-refractivity contribution in [3.8, 4) is 0 Å². The maximum Gasteiger partial charge on any atom is 0.0875 e. The predicted molar refractivity (Wildman–Crippen MR) is 79.6 cm³/mol. The highest BCUT2D eigenvalue weighted by molar-refractivity contribution is 6.30. The lowest BCUT2D eigenvalue weighted by molar-refractivity contribution is -0.0835. The maximum atomic E-state index is 11.1. The van der Waals surface area contributed by atoms with E-state index in [0.717, 1.165) is 30.0 Å². The Labute approximate surface area is 120 Å². The van der Waals surface area contributed by atoms with Crippen LogP contribution in [0.25, 0.3) is 0 Å². The lowest BCUT2D eigenvalue weighted by Gasteiger charge is -2.49. The Morgan fingerprint density at radius 2 is 2.00 bits per heavy atom. The van der Waals surface area contributed by atoms with Crippen LogP contribution in [-0.4, -0.2) is 16.7 Å². The molecule has 0 radical (unpaired) electrons. The van der Waals surface area contributed by atoms with Crippen LogP contribution in [0.1, 0.15) is 44.9 Å². The molecule has 2 aliphatic rings. The van der Waals surface area contributed by atoms with Gasteiger partial charge in [0.2, 0.25) is 0 Å². The Morgan fingerprint density at radius 1 is 1.16 bits per heavy atom. The molecule has 0 heterocycles. The summed E-state index contributed by atoms with van der Waals surface area (Å²) in [5.41, 5.74) is 0.510. The molecule has 2 saturated carbocycles. The van der Waals surface area contributed by atoms with E-state index in [1.807, 2.05) is 24.3 Å². The predicted octanol–water partition coefficient (Wildman–Crippen LogP) is 4.23. The zero-order valence-corrected chi connectivity index (χ0v) is 12.0. The van der Waals surface area contributed by atoms with Gasteiger partial charge in [0.05, 0.1) is 11.6 Å². The normalized spacial score (nSPS) is 34.6. The van der Waals surface area contributed by atoms with Gasteiger partial charge in [0.15, 0.2) is 0 Å². The van der Waals surface area contributed by atoms with Crippen LogP contribution in [-0.2, 0) is 0 Å². The van der Waals surface area contributed by atoms with Crippen molar-refractivity contribution in [1.29, 1.82) is 0 Å². The lowest BCUT2D eigenvalue weighted by Crippen LogP contribution is -2.56. The molecule has 3 unspecified atom stereocenters. The van der Waals surface area contributed by atoms with E-state index >= 15 is 0 Å². The van der Waals surface area contributed by atoms with Crippen molar-refractivity contribution >= 4 is 17.3 Å². The van der Waals surface area contributed by atoms with Gasteiger partial charge < -0.3 is 10.4 Å². The van der Waals surface area contributed by atoms with Crippen LogP contribution >= 0.6 is 11.6 Å². The molecule has 104 valence electrons. The summed E-state index contributed by atoms with van der Waals surface area (Å²) in [4.78, 5) is 0. The van der Waals surface area contributed by atoms with Crippen LogP contribution < -0.4 is 5.32 Å². The summed E-state index contributed by atoms with van der Waals surface area (Å²) >= 11 is 6.03. The highest BCUT2D eigenvalue weighted by atomic mass is 35.5. The average Bonchev–Trinajstić information content (AvgIpc) is 2.40. The van der Waals surface area contributed by atoms with Crippen LogP contribution in [0.5, 0.6) is 0 Å². The molecule has 0 aliphatic heterocycles. The molecule has 0 amide bonds. The highest BCUT2D eigenvalue weighted by Crippen LogP contribution is 2.44. The molecule has 3 atom stereocenters. The summed E-state index contributed by atoms with van der Waals surface area (Å²) in [5.74, 6) is 0.478. The van der Waals surface area contributed by atoms with Gasteiger partial charge in [-0.05, 0) is 49.8 Å². The van der Waals surface area contributed by atoms with Crippen LogP contribution in [0.3, 0.4) is 0 Å². The van der Waals surface area contributed by atoms with Crippen LogP contribution in [0, 0.1) is 5.92 Å². The number of anilines is 1. The number of aliphatic hydroxyl groups is 1. The van der Waals surface area contributed by atoms with Crippen molar-refractivity contribution < 1.29 is 5.11 Å². The Balaban J connectivity index is 1.79. The third-order valence-corrected chi connectivity index (χ3v) is 5.14. The first-order valence-electron chi connectivity index (χ1n) is 7.43. The quantitative estimate of drug-likeness (QED) is 0.849. The smallest absolute Gasteiger partial charge is 0.0875 e. The monoisotopic (exact) mass is 279 g/mol. The van der Waals surface area contributed by atoms with E-state index < -0.39 is 5.60 Å². The summed E-state index contributed by atoms with van der Waals surface area (Å²) in [6.07, 6.45) is 8.01. The fourth-order valence-electron chi connectivity index (χ4n) is 3.90. The SMILES string of the molecule is OC12CCCCC1CCCC2Nc1cccc(Cl)c1. The number of halogens is 1. The van der Waals surface area contributed by atoms with Crippen molar-refractivity contribution in [1.82, 2.24) is 0 Å². The van der Waals surface area contributed by atoms with E-state index in [2.05, 4.69) is 5.32 Å². The number of hydrogen-bond acceptors (Lipinski definition) is 2. The fourth-order valence-corrected chi connectivity index (χ4v) is 4.09. The van der Waals surface area contributed by atoms with Crippen molar-refractivity contribution in [3.63, 3.8) is 0 Å². The largest absolute Gasteiger partial charge is 0.387 e. The maximum absolute atomic E-state index is 11.1. The van der Waals surface area contributed by atoms with Gasteiger partial charge >= 0.3 is 0 Å². The molecule has 2 N–H and O–H groups in total. The van der Waals surface area contributed by atoms with Gasteiger partial charge in [-0.15, -0.1) is 0 Å². The van der Waals surface area contributed by atoms with Crippen LogP contribution in [0.15, 0.2) is 24.3 Å². The zero-order valence-electron chi connectivity index (χ0n) is 11.2. The summed E-state index contributed by atoms with van der Waals surface area (Å²) in [5, 5.41) is 15.4. The van der Waals surface area contributed by atoms with Gasteiger partial charge in [-0.1, -0.05) is 36.9 Å². The van der Waals surface area contributed by atoms with E-state index in [-0.39, 0.29) is 6.04 Å². The second-order valence-corrected chi connectivity index (χ2v) is 6.51. The molecule has 3 rings (SSSR count). The first-order chi connectivity index (χ1) is 9.18. The van der Waals surface area contributed by atoms with E-state index in [1.165, 1.54) is 25.7 Å². The number of nitrogens with one attached hydrogen (secondary N) is 1. The summed E-state index contributed by atoms with van der Waals surface area (Å²) in [7, 11) is 0. The highest BCUT2D eigenvalue weighted by Gasteiger charge is 2.47. The minimum Gasteiger partial charge on any atom is -0.387 e. The summed E-state index contributed by atoms with van der Waals surface area (Å²) < 4.78 is 0. The standard InChI is InChI=1S/C16H22ClNO/c17-13-7-4-8-14(11-13)18-15-9-3-6-12-5-1-2-10-16(12,15)19/h4,7-8,11-12,15,18-19H,1-3,5-6,9-10H2. The van der Waals surface area contributed by atoms with Gasteiger partial charge in [0.25, 0.3) is 0 Å². The van der Waals surface area contributed by atoms with Crippen LogP contribution in [0.2, 0.25) is 5.02 Å². The average molecular weight is 280 g/mol. The van der Waals surface area contributed by atoms with Gasteiger partial charge in [0, 0.05) is 10.7 Å². The van der Waals surface area contributed by atoms with E-state index in [1.54, 1.807) is 0 Å². The van der Waals surface area contributed by atoms with E-state index in [9.17, 15) is 5.11 Å². The van der Waals surface area contributed by atoms with Gasteiger partial charge in [-0.3, -0.25) is 0 Å². The Morgan fingerprint density at radius 3 is 2.84 bits per heavy atom. The van der Waals surface area contributed by atoms with Crippen molar-refractivity contribution in [3.05, 3.63) is 29.3 Å².